The van der Waals surface area contributed by atoms with Gasteiger partial charge in [-0.2, -0.15) is 0 Å². The molecule has 0 saturated carbocycles. The van der Waals surface area contributed by atoms with Gasteiger partial charge >= 0.3 is 0 Å². The van der Waals surface area contributed by atoms with Crippen molar-refractivity contribution in [3.8, 4) is 0 Å². The fraction of sp³-hybridized carbons (Fsp3) is 0.200. The molecule has 6 heteroatoms. The van der Waals surface area contributed by atoms with Gasteiger partial charge in [0, 0.05) is 12.2 Å². The number of nitrogens with zero attached hydrogens (tertiary/aromatic N) is 1. The maximum atomic E-state index is 11.5. The average Bonchev–Trinajstić information content (AvgIpc) is 2.42. The Kier molecular flexibility index (Phi) is 4.20. The molecule has 5 nitrogen and oxygen atoms in total. The minimum Gasteiger partial charge on any atom is -0.397 e. The number of sulfonamides is 1. The second-order valence-electron chi connectivity index (χ2n) is 4.85. The zero-order valence-corrected chi connectivity index (χ0v) is 12.9. The lowest BCUT2D eigenvalue weighted by atomic mass is 10.2. The molecule has 2 rings (SSSR count). The lowest BCUT2D eigenvalue weighted by Gasteiger charge is -2.25. The van der Waals surface area contributed by atoms with E-state index in [0.717, 1.165) is 11.3 Å². The number of hydrogen-bond acceptors (Lipinski definition) is 4. The Labute approximate surface area is 125 Å². The summed E-state index contributed by atoms with van der Waals surface area (Å²) in [5.41, 5.74) is 9.24. The molecule has 4 N–H and O–H groups in total. The van der Waals surface area contributed by atoms with Gasteiger partial charge in [-0.3, -0.25) is 0 Å². The summed E-state index contributed by atoms with van der Waals surface area (Å²) in [4.78, 5) is 2.00. The van der Waals surface area contributed by atoms with Crippen LogP contribution in [-0.4, -0.2) is 15.0 Å². The van der Waals surface area contributed by atoms with E-state index in [4.69, 9.17) is 10.9 Å². The molecule has 0 aliphatic rings. The van der Waals surface area contributed by atoms with E-state index >= 15 is 0 Å². The number of benzene rings is 2. The lowest BCUT2D eigenvalue weighted by Crippen LogP contribution is -2.19. The van der Waals surface area contributed by atoms with Crippen molar-refractivity contribution in [2.24, 2.45) is 5.14 Å². The van der Waals surface area contributed by atoms with E-state index in [-0.39, 0.29) is 4.90 Å². The number of hydrogen-bond donors (Lipinski definition) is 2. The fourth-order valence-electron chi connectivity index (χ4n) is 2.15. The molecular weight excluding hydrogens is 286 g/mol. The second kappa shape index (κ2) is 5.75. The highest BCUT2D eigenvalue weighted by molar-refractivity contribution is 7.89. The van der Waals surface area contributed by atoms with E-state index in [1.54, 1.807) is 6.07 Å². The minimum atomic E-state index is -3.75. The molecule has 2 aromatic carbocycles. The van der Waals surface area contributed by atoms with Crippen LogP contribution in [0.5, 0.6) is 0 Å². The Balaban J connectivity index is 2.54. The Bertz CT molecular complexity index is 740. The Morgan fingerprint density at radius 1 is 1.10 bits per heavy atom. The van der Waals surface area contributed by atoms with E-state index in [9.17, 15) is 8.42 Å². The molecule has 21 heavy (non-hydrogen) atoms. The highest BCUT2D eigenvalue weighted by atomic mass is 32.2. The third-order valence-electron chi connectivity index (χ3n) is 3.28. The highest BCUT2D eigenvalue weighted by Gasteiger charge is 2.15. The predicted octanol–water partition coefficient (Wildman–Crippen LogP) is 2.38. The zero-order valence-electron chi connectivity index (χ0n) is 12.1. The summed E-state index contributed by atoms with van der Waals surface area (Å²) in [6.45, 7) is 4.64. The van der Waals surface area contributed by atoms with Crippen LogP contribution in [0.25, 0.3) is 0 Å². The van der Waals surface area contributed by atoms with Crippen molar-refractivity contribution >= 4 is 27.1 Å². The third-order valence-corrected chi connectivity index (χ3v) is 4.19. The maximum absolute atomic E-state index is 11.5. The van der Waals surface area contributed by atoms with Crippen molar-refractivity contribution in [1.29, 1.82) is 0 Å². The molecule has 0 fully saturated rings. The third kappa shape index (κ3) is 3.34. The normalized spacial score (nSPS) is 11.4. The van der Waals surface area contributed by atoms with Gasteiger partial charge in [0.25, 0.3) is 0 Å². The van der Waals surface area contributed by atoms with Crippen molar-refractivity contribution in [3.05, 3.63) is 48.0 Å². The van der Waals surface area contributed by atoms with Crippen molar-refractivity contribution in [2.45, 2.75) is 18.7 Å². The minimum absolute atomic E-state index is 0.0530. The standard InChI is InChI=1S/C15H19N3O2S/c1-3-18(12-6-4-11(2)5-7-12)15-10-13(21(17,19)20)8-9-14(15)16/h4-10H,3,16H2,1-2H3,(H2,17,19,20). The van der Waals surface area contributed by atoms with Gasteiger partial charge in [-0.1, -0.05) is 17.7 Å². The van der Waals surface area contributed by atoms with Crippen LogP contribution in [0.4, 0.5) is 17.1 Å². The van der Waals surface area contributed by atoms with Crippen molar-refractivity contribution in [1.82, 2.24) is 0 Å². The molecule has 0 bridgehead atoms. The fourth-order valence-corrected chi connectivity index (χ4v) is 2.68. The molecule has 0 amide bonds. The predicted molar refractivity (Wildman–Crippen MR) is 86.1 cm³/mol. The molecule has 2 aromatic rings. The Hall–Kier alpha value is -2.05. The van der Waals surface area contributed by atoms with Crippen LogP contribution in [-0.2, 0) is 10.0 Å². The monoisotopic (exact) mass is 305 g/mol. The molecule has 0 unspecified atom stereocenters. The van der Waals surface area contributed by atoms with Gasteiger partial charge in [0.1, 0.15) is 0 Å². The summed E-state index contributed by atoms with van der Waals surface area (Å²) in [5.74, 6) is 0. The summed E-state index contributed by atoms with van der Waals surface area (Å²) in [7, 11) is -3.75. The van der Waals surface area contributed by atoms with Gasteiger partial charge in [0.05, 0.1) is 16.3 Å². The molecule has 0 atom stereocenters. The van der Waals surface area contributed by atoms with Crippen LogP contribution >= 0.6 is 0 Å². The first-order valence-electron chi connectivity index (χ1n) is 6.59. The first kappa shape index (κ1) is 15.3. The topological polar surface area (TPSA) is 89.4 Å². The van der Waals surface area contributed by atoms with E-state index < -0.39 is 10.0 Å². The molecule has 0 heterocycles. The summed E-state index contributed by atoms with van der Waals surface area (Å²) in [6.07, 6.45) is 0. The molecule has 0 aliphatic heterocycles. The summed E-state index contributed by atoms with van der Waals surface area (Å²) in [6, 6.07) is 12.4. The lowest BCUT2D eigenvalue weighted by molar-refractivity contribution is 0.598. The van der Waals surface area contributed by atoms with E-state index in [1.165, 1.54) is 12.1 Å². The SMILES string of the molecule is CCN(c1ccc(C)cc1)c1cc(S(N)(=O)=O)ccc1N. The number of primary sulfonamides is 1. The van der Waals surface area contributed by atoms with E-state index in [0.29, 0.717) is 17.9 Å². The van der Waals surface area contributed by atoms with Crippen LogP contribution in [0, 0.1) is 6.92 Å². The number of nitrogens with two attached hydrogens (primary N) is 2. The van der Waals surface area contributed by atoms with Crippen LogP contribution < -0.4 is 15.8 Å². The van der Waals surface area contributed by atoms with E-state index in [2.05, 4.69) is 0 Å². The summed E-state index contributed by atoms with van der Waals surface area (Å²) < 4.78 is 23.0. The molecule has 112 valence electrons. The van der Waals surface area contributed by atoms with Gasteiger partial charge in [0.2, 0.25) is 10.0 Å². The van der Waals surface area contributed by atoms with Crippen LogP contribution in [0.15, 0.2) is 47.4 Å². The Morgan fingerprint density at radius 2 is 1.71 bits per heavy atom. The molecule has 0 saturated heterocycles. The van der Waals surface area contributed by atoms with Crippen LogP contribution in [0.3, 0.4) is 0 Å². The van der Waals surface area contributed by atoms with Crippen molar-refractivity contribution in [3.63, 3.8) is 0 Å². The van der Waals surface area contributed by atoms with Crippen LogP contribution in [0.1, 0.15) is 12.5 Å². The first-order chi connectivity index (χ1) is 9.82. The Morgan fingerprint density at radius 3 is 2.24 bits per heavy atom. The number of aryl methyl sites for hydroxylation is 1. The van der Waals surface area contributed by atoms with Gasteiger partial charge in [-0.25, -0.2) is 13.6 Å². The average molecular weight is 305 g/mol. The van der Waals surface area contributed by atoms with Gasteiger partial charge in [-0.05, 0) is 44.2 Å². The number of nitrogen functional groups attached to an aromatic ring is 1. The molecule has 0 radical (unpaired) electrons. The number of anilines is 3. The number of rotatable bonds is 4. The van der Waals surface area contributed by atoms with Crippen molar-refractivity contribution < 1.29 is 8.42 Å². The zero-order chi connectivity index (χ0) is 15.6. The molecule has 0 aromatic heterocycles. The molecule has 0 aliphatic carbocycles. The molecular formula is C15H19N3O2S. The van der Waals surface area contributed by atoms with Gasteiger partial charge < -0.3 is 10.6 Å². The maximum Gasteiger partial charge on any atom is 0.238 e. The second-order valence-corrected chi connectivity index (χ2v) is 6.41. The summed E-state index contributed by atoms with van der Waals surface area (Å²) >= 11 is 0. The van der Waals surface area contributed by atoms with Crippen LogP contribution in [0.2, 0.25) is 0 Å². The molecule has 0 spiro atoms. The van der Waals surface area contributed by atoms with Gasteiger partial charge in [0.15, 0.2) is 0 Å². The van der Waals surface area contributed by atoms with Crippen molar-refractivity contribution in [2.75, 3.05) is 17.2 Å². The highest BCUT2D eigenvalue weighted by Crippen LogP contribution is 2.32. The largest absolute Gasteiger partial charge is 0.397 e. The summed E-state index contributed by atoms with van der Waals surface area (Å²) in [5, 5.41) is 5.19. The van der Waals surface area contributed by atoms with E-state index in [1.807, 2.05) is 43.0 Å². The quantitative estimate of drug-likeness (QED) is 0.849. The smallest absolute Gasteiger partial charge is 0.238 e. The first-order valence-corrected chi connectivity index (χ1v) is 8.14. The van der Waals surface area contributed by atoms with Gasteiger partial charge in [-0.15, -0.1) is 0 Å².